The fourth-order valence-corrected chi connectivity index (χ4v) is 1.66. The van der Waals surface area contributed by atoms with Crippen LogP contribution in [-0.2, 0) is 0 Å². The average Bonchev–Trinajstić information content (AvgIpc) is 2.22. The molecule has 0 spiro atoms. The molecule has 1 N–H and O–H groups in total. The van der Waals surface area contributed by atoms with Crippen LogP contribution in [-0.4, -0.2) is 6.04 Å². The van der Waals surface area contributed by atoms with Crippen LogP contribution in [0.3, 0.4) is 0 Å². The number of hydrogen-bond acceptors (Lipinski definition) is 1. The van der Waals surface area contributed by atoms with Crippen molar-refractivity contribution in [3.05, 3.63) is 28.8 Å². The SMILES string of the molecule is CCC(C)C(C)Nc1cc(Cl)ccc1C. The fourth-order valence-electron chi connectivity index (χ4n) is 1.49. The summed E-state index contributed by atoms with van der Waals surface area (Å²) in [5.74, 6) is 0.670. The summed E-state index contributed by atoms with van der Waals surface area (Å²) in [5, 5.41) is 4.31. The van der Waals surface area contributed by atoms with Crippen molar-refractivity contribution in [1.82, 2.24) is 0 Å². The molecule has 0 aliphatic heterocycles. The minimum absolute atomic E-state index is 0.479. The van der Waals surface area contributed by atoms with Gasteiger partial charge in [-0.1, -0.05) is 37.9 Å². The van der Waals surface area contributed by atoms with Crippen LogP contribution >= 0.6 is 11.6 Å². The molecule has 0 aliphatic rings. The molecule has 15 heavy (non-hydrogen) atoms. The molecule has 0 aromatic heterocycles. The zero-order valence-corrected chi connectivity index (χ0v) is 10.7. The molecule has 0 heterocycles. The third-order valence-corrected chi connectivity index (χ3v) is 3.32. The quantitative estimate of drug-likeness (QED) is 0.796. The fraction of sp³-hybridized carbons (Fsp3) is 0.538. The molecule has 1 aromatic carbocycles. The van der Waals surface area contributed by atoms with Gasteiger partial charge < -0.3 is 5.32 Å². The number of benzene rings is 1. The van der Waals surface area contributed by atoms with Crippen LogP contribution < -0.4 is 5.32 Å². The Labute approximate surface area is 97.8 Å². The maximum absolute atomic E-state index is 5.97. The van der Waals surface area contributed by atoms with E-state index in [0.29, 0.717) is 12.0 Å². The van der Waals surface area contributed by atoms with Crippen LogP contribution in [0.1, 0.15) is 32.8 Å². The van der Waals surface area contributed by atoms with Crippen LogP contribution in [0.2, 0.25) is 5.02 Å². The first-order valence-corrected chi connectivity index (χ1v) is 5.95. The molecular weight excluding hydrogens is 206 g/mol. The first kappa shape index (κ1) is 12.4. The van der Waals surface area contributed by atoms with Crippen molar-refractivity contribution in [2.24, 2.45) is 5.92 Å². The minimum atomic E-state index is 0.479. The topological polar surface area (TPSA) is 12.0 Å². The molecule has 2 unspecified atom stereocenters. The number of hydrogen-bond donors (Lipinski definition) is 1. The van der Waals surface area contributed by atoms with E-state index in [1.54, 1.807) is 0 Å². The number of rotatable bonds is 4. The zero-order valence-electron chi connectivity index (χ0n) is 9.97. The molecule has 0 amide bonds. The lowest BCUT2D eigenvalue weighted by atomic mass is 10.0. The second-order valence-corrected chi connectivity index (χ2v) is 4.71. The van der Waals surface area contributed by atoms with E-state index in [9.17, 15) is 0 Å². The van der Waals surface area contributed by atoms with Gasteiger partial charge in [-0.25, -0.2) is 0 Å². The van der Waals surface area contributed by atoms with E-state index in [-0.39, 0.29) is 0 Å². The van der Waals surface area contributed by atoms with E-state index in [4.69, 9.17) is 11.6 Å². The van der Waals surface area contributed by atoms with Gasteiger partial charge in [-0.15, -0.1) is 0 Å². The zero-order chi connectivity index (χ0) is 11.4. The van der Waals surface area contributed by atoms with Gasteiger partial charge in [-0.2, -0.15) is 0 Å². The van der Waals surface area contributed by atoms with Crippen molar-refractivity contribution in [1.29, 1.82) is 0 Å². The molecule has 0 saturated carbocycles. The molecule has 1 rings (SSSR count). The maximum Gasteiger partial charge on any atom is 0.0426 e. The predicted molar refractivity (Wildman–Crippen MR) is 68.7 cm³/mol. The van der Waals surface area contributed by atoms with Crippen molar-refractivity contribution in [2.45, 2.75) is 40.2 Å². The number of anilines is 1. The van der Waals surface area contributed by atoms with Crippen LogP contribution in [0.25, 0.3) is 0 Å². The van der Waals surface area contributed by atoms with Gasteiger partial charge in [0.2, 0.25) is 0 Å². The summed E-state index contributed by atoms with van der Waals surface area (Å²) in [6, 6.07) is 6.45. The van der Waals surface area contributed by atoms with Crippen molar-refractivity contribution in [3.8, 4) is 0 Å². The smallest absolute Gasteiger partial charge is 0.0426 e. The Morgan fingerprint density at radius 3 is 2.60 bits per heavy atom. The second-order valence-electron chi connectivity index (χ2n) is 4.28. The van der Waals surface area contributed by atoms with E-state index in [0.717, 1.165) is 10.7 Å². The molecule has 0 saturated heterocycles. The van der Waals surface area contributed by atoms with E-state index in [2.05, 4.69) is 33.0 Å². The van der Waals surface area contributed by atoms with Gasteiger partial charge in [-0.3, -0.25) is 0 Å². The lowest BCUT2D eigenvalue weighted by molar-refractivity contribution is 0.494. The van der Waals surface area contributed by atoms with Gasteiger partial charge in [0.1, 0.15) is 0 Å². The Hall–Kier alpha value is -0.690. The van der Waals surface area contributed by atoms with E-state index < -0.39 is 0 Å². The third kappa shape index (κ3) is 3.42. The van der Waals surface area contributed by atoms with Crippen LogP contribution in [0.5, 0.6) is 0 Å². The maximum atomic E-state index is 5.97. The molecule has 84 valence electrons. The highest BCUT2D eigenvalue weighted by Crippen LogP contribution is 2.22. The van der Waals surface area contributed by atoms with Crippen LogP contribution in [0.15, 0.2) is 18.2 Å². The summed E-state index contributed by atoms with van der Waals surface area (Å²) in [6.45, 7) is 8.79. The summed E-state index contributed by atoms with van der Waals surface area (Å²) in [6.07, 6.45) is 1.19. The lowest BCUT2D eigenvalue weighted by Crippen LogP contribution is -2.23. The molecule has 1 nitrogen and oxygen atoms in total. The highest BCUT2D eigenvalue weighted by atomic mass is 35.5. The summed E-state index contributed by atoms with van der Waals surface area (Å²) < 4.78 is 0. The van der Waals surface area contributed by atoms with Crippen molar-refractivity contribution in [2.75, 3.05) is 5.32 Å². The number of halogens is 1. The van der Waals surface area contributed by atoms with Crippen molar-refractivity contribution < 1.29 is 0 Å². The average molecular weight is 226 g/mol. The molecule has 0 aliphatic carbocycles. The normalized spacial score (nSPS) is 14.7. The standard InChI is InChI=1S/C13H20ClN/c1-5-9(2)11(4)15-13-8-12(14)7-6-10(13)3/h6-9,11,15H,5H2,1-4H3. The Kier molecular flexibility index (Phi) is 4.46. The molecule has 0 radical (unpaired) electrons. The van der Waals surface area contributed by atoms with E-state index in [1.807, 2.05) is 18.2 Å². The van der Waals surface area contributed by atoms with Gasteiger partial charge >= 0.3 is 0 Å². The Bertz CT molecular complexity index is 322. The summed E-state index contributed by atoms with van der Waals surface area (Å²) in [5.41, 5.74) is 2.39. The summed E-state index contributed by atoms with van der Waals surface area (Å²) >= 11 is 5.97. The second kappa shape index (κ2) is 5.41. The minimum Gasteiger partial charge on any atom is -0.382 e. The van der Waals surface area contributed by atoms with Crippen molar-refractivity contribution >= 4 is 17.3 Å². The molecule has 0 bridgehead atoms. The highest BCUT2D eigenvalue weighted by Gasteiger charge is 2.10. The van der Waals surface area contributed by atoms with Crippen LogP contribution in [0, 0.1) is 12.8 Å². The monoisotopic (exact) mass is 225 g/mol. The molecule has 1 aromatic rings. The summed E-state index contributed by atoms with van der Waals surface area (Å²) in [7, 11) is 0. The molecule has 2 heteroatoms. The van der Waals surface area contributed by atoms with Gasteiger partial charge in [0.15, 0.2) is 0 Å². The Morgan fingerprint density at radius 2 is 2.00 bits per heavy atom. The predicted octanol–water partition coefficient (Wildman–Crippen LogP) is 4.49. The van der Waals surface area contributed by atoms with Crippen molar-refractivity contribution in [3.63, 3.8) is 0 Å². The highest BCUT2D eigenvalue weighted by molar-refractivity contribution is 6.30. The third-order valence-electron chi connectivity index (χ3n) is 3.08. The first-order valence-electron chi connectivity index (χ1n) is 5.57. The first-order chi connectivity index (χ1) is 7.04. The molecule has 0 fully saturated rings. The number of nitrogens with one attached hydrogen (secondary N) is 1. The number of aryl methyl sites for hydroxylation is 1. The molecule has 2 atom stereocenters. The molecular formula is C13H20ClN. The lowest BCUT2D eigenvalue weighted by Gasteiger charge is -2.22. The Balaban J connectivity index is 2.75. The van der Waals surface area contributed by atoms with Gasteiger partial charge in [0.05, 0.1) is 0 Å². The van der Waals surface area contributed by atoms with E-state index >= 15 is 0 Å². The Morgan fingerprint density at radius 1 is 1.33 bits per heavy atom. The van der Waals surface area contributed by atoms with Gasteiger partial charge in [0.25, 0.3) is 0 Å². The summed E-state index contributed by atoms with van der Waals surface area (Å²) in [4.78, 5) is 0. The largest absolute Gasteiger partial charge is 0.382 e. The van der Waals surface area contributed by atoms with Gasteiger partial charge in [-0.05, 0) is 37.5 Å². The van der Waals surface area contributed by atoms with E-state index in [1.165, 1.54) is 12.0 Å². The van der Waals surface area contributed by atoms with Gasteiger partial charge in [0, 0.05) is 16.8 Å². The van der Waals surface area contributed by atoms with Crippen LogP contribution in [0.4, 0.5) is 5.69 Å².